The maximum atomic E-state index is 10.1. The molecule has 1 aliphatic heterocycles. The monoisotopic (exact) mass is 290 g/mol. The van der Waals surface area contributed by atoms with Crippen LogP contribution in [0.4, 0.5) is 5.82 Å². The molecule has 0 radical (unpaired) electrons. The van der Waals surface area contributed by atoms with Crippen LogP contribution in [0, 0.1) is 11.3 Å². The van der Waals surface area contributed by atoms with Gasteiger partial charge in [0, 0.05) is 7.05 Å². The lowest BCUT2D eigenvalue weighted by Gasteiger charge is -2.16. The number of aliphatic hydroxyl groups is 2. The number of fused-ring (bicyclic) bond motifs is 1. The zero-order chi connectivity index (χ0) is 15.1. The van der Waals surface area contributed by atoms with Gasteiger partial charge in [0.15, 0.2) is 23.2 Å². The summed E-state index contributed by atoms with van der Waals surface area (Å²) in [5.41, 5.74) is 0.817. The molecule has 1 fully saturated rings. The van der Waals surface area contributed by atoms with Crippen LogP contribution in [-0.4, -0.2) is 55.1 Å². The molecule has 0 saturated carbocycles. The molecule has 1 aliphatic rings. The van der Waals surface area contributed by atoms with Gasteiger partial charge in [-0.15, -0.1) is 0 Å². The molecule has 21 heavy (non-hydrogen) atoms. The first-order valence-electron chi connectivity index (χ1n) is 6.40. The molecule has 9 nitrogen and oxygen atoms in total. The van der Waals surface area contributed by atoms with Crippen molar-refractivity contribution >= 4 is 17.0 Å². The summed E-state index contributed by atoms with van der Waals surface area (Å²) in [5.74, 6) is 0.395. The van der Waals surface area contributed by atoms with E-state index < -0.39 is 24.5 Å². The van der Waals surface area contributed by atoms with Crippen LogP contribution in [-0.2, 0) is 4.74 Å². The van der Waals surface area contributed by atoms with Crippen molar-refractivity contribution < 1.29 is 14.9 Å². The molecule has 0 spiro atoms. The molecule has 0 aliphatic carbocycles. The number of ether oxygens (including phenoxy) is 1. The van der Waals surface area contributed by atoms with Gasteiger partial charge in [0.2, 0.25) is 5.82 Å². The van der Waals surface area contributed by atoms with Crippen LogP contribution in [0.15, 0.2) is 6.33 Å². The van der Waals surface area contributed by atoms with E-state index in [0.717, 1.165) is 0 Å². The first-order chi connectivity index (χ1) is 10.1. The van der Waals surface area contributed by atoms with Crippen LogP contribution in [0.1, 0.15) is 19.0 Å². The zero-order valence-corrected chi connectivity index (χ0v) is 11.4. The summed E-state index contributed by atoms with van der Waals surface area (Å²) >= 11 is 0. The van der Waals surface area contributed by atoms with E-state index in [1.165, 1.54) is 10.9 Å². The van der Waals surface area contributed by atoms with Crippen LogP contribution in [0.5, 0.6) is 0 Å². The molecule has 2 aromatic rings. The maximum Gasteiger partial charge on any atom is 0.236 e. The quantitative estimate of drug-likeness (QED) is 0.667. The van der Waals surface area contributed by atoms with E-state index in [4.69, 9.17) is 10.00 Å². The lowest BCUT2D eigenvalue weighted by atomic mass is 10.1. The number of nitrogens with one attached hydrogen (secondary N) is 1. The van der Waals surface area contributed by atoms with E-state index in [1.807, 2.05) is 6.07 Å². The maximum absolute atomic E-state index is 10.1. The van der Waals surface area contributed by atoms with Crippen LogP contribution < -0.4 is 5.32 Å². The van der Waals surface area contributed by atoms with Gasteiger partial charge in [0.1, 0.15) is 18.3 Å². The molecular formula is C12H14N6O3. The molecule has 1 saturated heterocycles. The molecule has 0 bridgehead atoms. The molecule has 2 aromatic heterocycles. The second-order valence-corrected chi connectivity index (χ2v) is 4.79. The van der Waals surface area contributed by atoms with Crippen LogP contribution in [0.2, 0.25) is 0 Å². The van der Waals surface area contributed by atoms with Crippen molar-refractivity contribution in [2.45, 2.75) is 31.5 Å². The molecule has 3 N–H and O–H groups in total. The summed E-state index contributed by atoms with van der Waals surface area (Å²) in [6, 6.07) is 1.87. The first kappa shape index (κ1) is 13.7. The van der Waals surface area contributed by atoms with Crippen molar-refractivity contribution in [3.05, 3.63) is 12.2 Å². The van der Waals surface area contributed by atoms with Crippen molar-refractivity contribution in [3.8, 4) is 6.07 Å². The number of anilines is 1. The van der Waals surface area contributed by atoms with Gasteiger partial charge >= 0.3 is 0 Å². The molecule has 3 heterocycles. The van der Waals surface area contributed by atoms with Crippen molar-refractivity contribution in [1.29, 1.82) is 5.26 Å². The minimum absolute atomic E-state index is 0.0188. The molecule has 4 atom stereocenters. The minimum Gasteiger partial charge on any atom is -0.388 e. The Morgan fingerprint density at radius 2 is 2.14 bits per heavy atom. The van der Waals surface area contributed by atoms with Crippen LogP contribution in [0.25, 0.3) is 11.2 Å². The molecule has 110 valence electrons. The number of nitrogens with zero attached hydrogens (tertiary/aromatic N) is 5. The highest BCUT2D eigenvalue weighted by Gasteiger charge is 2.42. The van der Waals surface area contributed by atoms with Gasteiger partial charge in [-0.3, -0.25) is 4.57 Å². The predicted octanol–water partition coefficient (Wildman–Crippen LogP) is -0.621. The number of aromatic nitrogens is 4. The molecule has 0 amide bonds. The molecule has 9 heteroatoms. The third-order valence-corrected chi connectivity index (χ3v) is 3.51. The topological polar surface area (TPSA) is 129 Å². The van der Waals surface area contributed by atoms with Gasteiger partial charge in [-0.05, 0) is 6.92 Å². The van der Waals surface area contributed by atoms with Gasteiger partial charge in [0.05, 0.1) is 12.4 Å². The summed E-state index contributed by atoms with van der Waals surface area (Å²) in [5, 5.41) is 31.7. The van der Waals surface area contributed by atoms with E-state index in [9.17, 15) is 10.2 Å². The highest BCUT2D eigenvalue weighted by molar-refractivity contribution is 5.83. The predicted molar refractivity (Wildman–Crippen MR) is 71.2 cm³/mol. The number of hydrogen-bond acceptors (Lipinski definition) is 8. The SMILES string of the molecule is CNc1nc(C#N)nc2c1ncn2[C@@H]1O[C@H](C)[C@@H](O)[C@H]1O. The third-order valence-electron chi connectivity index (χ3n) is 3.51. The van der Waals surface area contributed by atoms with Crippen molar-refractivity contribution in [3.63, 3.8) is 0 Å². The average Bonchev–Trinajstić information content (AvgIpc) is 3.02. The Hall–Kier alpha value is -2.28. The Bertz CT molecular complexity index is 724. The lowest BCUT2D eigenvalue weighted by Crippen LogP contribution is -2.30. The molecular weight excluding hydrogens is 276 g/mol. The number of imidazole rings is 1. The average molecular weight is 290 g/mol. The summed E-state index contributed by atoms with van der Waals surface area (Å²) < 4.78 is 7.04. The van der Waals surface area contributed by atoms with Gasteiger partial charge in [-0.25, -0.2) is 4.98 Å². The van der Waals surface area contributed by atoms with Gasteiger partial charge in [-0.1, -0.05) is 0 Å². The zero-order valence-electron chi connectivity index (χ0n) is 11.4. The van der Waals surface area contributed by atoms with E-state index in [1.54, 1.807) is 14.0 Å². The van der Waals surface area contributed by atoms with Gasteiger partial charge < -0.3 is 20.3 Å². The summed E-state index contributed by atoms with van der Waals surface area (Å²) in [6.07, 6.45) is -1.97. The highest BCUT2D eigenvalue weighted by atomic mass is 16.6. The Kier molecular flexibility index (Phi) is 3.21. The first-order valence-corrected chi connectivity index (χ1v) is 6.40. The molecule has 0 aromatic carbocycles. The van der Waals surface area contributed by atoms with Crippen molar-refractivity contribution in [2.75, 3.05) is 12.4 Å². The smallest absolute Gasteiger partial charge is 0.236 e. The largest absolute Gasteiger partial charge is 0.388 e. The van der Waals surface area contributed by atoms with Gasteiger partial charge in [-0.2, -0.15) is 15.2 Å². The number of aliphatic hydroxyl groups excluding tert-OH is 2. The second kappa shape index (κ2) is 4.92. The Morgan fingerprint density at radius 3 is 2.71 bits per heavy atom. The normalized spacial score (nSPS) is 28.7. The highest BCUT2D eigenvalue weighted by Crippen LogP contribution is 2.32. The van der Waals surface area contributed by atoms with Crippen molar-refractivity contribution in [2.24, 2.45) is 0 Å². The fraction of sp³-hybridized carbons (Fsp3) is 0.500. The minimum atomic E-state index is -1.10. The van der Waals surface area contributed by atoms with E-state index in [-0.39, 0.29) is 5.82 Å². The summed E-state index contributed by atoms with van der Waals surface area (Å²) in [7, 11) is 1.66. The van der Waals surface area contributed by atoms with E-state index >= 15 is 0 Å². The molecule has 3 rings (SSSR count). The lowest BCUT2D eigenvalue weighted by molar-refractivity contribution is -0.0299. The number of rotatable bonds is 2. The standard InChI is InChI=1S/C12H14N6O3/c1-5-8(19)9(20)12(21-5)18-4-15-7-10(14-2)16-6(3-13)17-11(7)18/h4-5,8-9,12,19-20H,1-2H3,(H,14,16,17)/t5-,8-,9-,12-/m1/s1. The van der Waals surface area contributed by atoms with Crippen LogP contribution >= 0.6 is 0 Å². The Balaban J connectivity index is 2.14. The van der Waals surface area contributed by atoms with Crippen molar-refractivity contribution in [1.82, 2.24) is 19.5 Å². The third kappa shape index (κ3) is 2.01. The summed E-state index contributed by atoms with van der Waals surface area (Å²) in [6.45, 7) is 1.67. The van der Waals surface area contributed by atoms with E-state index in [0.29, 0.717) is 17.0 Å². The fourth-order valence-corrected chi connectivity index (χ4v) is 2.38. The fourth-order valence-electron chi connectivity index (χ4n) is 2.38. The number of nitriles is 1. The summed E-state index contributed by atoms with van der Waals surface area (Å²) in [4.78, 5) is 12.3. The molecule has 0 unspecified atom stereocenters. The number of hydrogen-bond donors (Lipinski definition) is 3. The van der Waals surface area contributed by atoms with Gasteiger partial charge in [0.25, 0.3) is 0 Å². The van der Waals surface area contributed by atoms with E-state index in [2.05, 4.69) is 20.3 Å². The Labute approximate surface area is 119 Å². The second-order valence-electron chi connectivity index (χ2n) is 4.79. The van der Waals surface area contributed by atoms with Crippen LogP contribution in [0.3, 0.4) is 0 Å². The Morgan fingerprint density at radius 1 is 1.38 bits per heavy atom.